The number of nitrogens with one attached hydrogen (secondary N) is 1. The van der Waals surface area contributed by atoms with Gasteiger partial charge in [0.15, 0.2) is 0 Å². The van der Waals surface area contributed by atoms with Crippen LogP contribution in [0.1, 0.15) is 33.4 Å². The standard InChI is InChI=1S/C28H26ClN3O4/c1-31-15-19(16-9-7-8-12-22(16)31)26-25(17-10-5-6-11-18(17)28(34)32(26)2)27(33)30-21-13-20(29)23(35-3)14-24(21)36-4/h5-15,25-26H,1-4H3,(H,30,33)/t25-,26+/m0/s1. The van der Waals surface area contributed by atoms with Gasteiger partial charge in [0.05, 0.1) is 36.9 Å². The van der Waals surface area contributed by atoms with Gasteiger partial charge in [-0.05, 0) is 23.8 Å². The molecule has 0 saturated heterocycles. The second kappa shape index (κ2) is 9.24. The third-order valence-corrected chi connectivity index (χ3v) is 7.14. The summed E-state index contributed by atoms with van der Waals surface area (Å²) < 4.78 is 12.8. The van der Waals surface area contributed by atoms with Crippen molar-refractivity contribution >= 4 is 40.0 Å². The monoisotopic (exact) mass is 503 g/mol. The van der Waals surface area contributed by atoms with Gasteiger partial charge in [-0.25, -0.2) is 0 Å². The van der Waals surface area contributed by atoms with E-state index in [0.29, 0.717) is 33.3 Å². The lowest BCUT2D eigenvalue weighted by Gasteiger charge is -2.39. The van der Waals surface area contributed by atoms with E-state index in [4.69, 9.17) is 21.1 Å². The number of carbonyl (C=O) groups excluding carboxylic acids is 2. The van der Waals surface area contributed by atoms with Gasteiger partial charge in [-0.15, -0.1) is 0 Å². The molecule has 0 aliphatic carbocycles. The summed E-state index contributed by atoms with van der Waals surface area (Å²) in [6, 6.07) is 18.0. The molecule has 184 valence electrons. The highest BCUT2D eigenvalue weighted by Gasteiger charge is 2.43. The highest BCUT2D eigenvalue weighted by molar-refractivity contribution is 6.32. The van der Waals surface area contributed by atoms with Crippen LogP contribution in [-0.2, 0) is 11.8 Å². The van der Waals surface area contributed by atoms with E-state index in [9.17, 15) is 9.59 Å². The van der Waals surface area contributed by atoms with Gasteiger partial charge in [0.25, 0.3) is 5.91 Å². The van der Waals surface area contributed by atoms with Gasteiger partial charge in [0.1, 0.15) is 11.5 Å². The SMILES string of the molecule is COc1cc(OC)c(NC(=O)[C@H]2c3ccccc3C(=O)N(C)[C@@H]2c2cn(C)c3ccccc23)cc1Cl. The summed E-state index contributed by atoms with van der Waals surface area (Å²) in [7, 11) is 6.73. The minimum Gasteiger partial charge on any atom is -0.495 e. The molecule has 0 bridgehead atoms. The number of aromatic nitrogens is 1. The Kier molecular flexibility index (Phi) is 6.10. The molecular formula is C28H26ClN3O4. The maximum absolute atomic E-state index is 14.1. The Hall–Kier alpha value is -3.97. The Labute approximate surface area is 214 Å². The molecule has 8 heteroatoms. The van der Waals surface area contributed by atoms with Gasteiger partial charge in [-0.2, -0.15) is 0 Å². The molecule has 4 aromatic rings. The Balaban J connectivity index is 1.66. The van der Waals surface area contributed by atoms with E-state index in [1.165, 1.54) is 14.2 Å². The van der Waals surface area contributed by atoms with Gasteiger partial charge in [0, 0.05) is 48.4 Å². The molecule has 36 heavy (non-hydrogen) atoms. The number of fused-ring (bicyclic) bond motifs is 2. The van der Waals surface area contributed by atoms with Crippen LogP contribution in [0.5, 0.6) is 11.5 Å². The topological polar surface area (TPSA) is 72.8 Å². The first-order valence-corrected chi connectivity index (χ1v) is 11.9. The second-order valence-corrected chi connectivity index (χ2v) is 9.22. The summed E-state index contributed by atoms with van der Waals surface area (Å²) in [6.45, 7) is 0. The third-order valence-electron chi connectivity index (χ3n) is 6.84. The molecule has 0 unspecified atom stereocenters. The fourth-order valence-electron chi connectivity index (χ4n) is 5.12. The minimum atomic E-state index is -0.680. The molecule has 0 fully saturated rings. The van der Waals surface area contributed by atoms with Crippen LogP contribution in [0.3, 0.4) is 0 Å². The first-order chi connectivity index (χ1) is 17.3. The van der Waals surface area contributed by atoms with Gasteiger partial charge in [-0.1, -0.05) is 48.0 Å². The summed E-state index contributed by atoms with van der Waals surface area (Å²) in [4.78, 5) is 29.1. The fourth-order valence-corrected chi connectivity index (χ4v) is 5.36. The summed E-state index contributed by atoms with van der Waals surface area (Å²) in [5.41, 5.74) is 3.53. The number of methoxy groups -OCH3 is 2. The zero-order valence-corrected chi connectivity index (χ0v) is 21.2. The number of nitrogens with zero attached hydrogens (tertiary/aromatic N) is 2. The molecule has 2 amide bonds. The summed E-state index contributed by atoms with van der Waals surface area (Å²) in [5, 5.41) is 4.34. The molecule has 1 N–H and O–H groups in total. The van der Waals surface area contributed by atoms with Crippen molar-refractivity contribution in [3.63, 3.8) is 0 Å². The molecule has 0 spiro atoms. The van der Waals surface area contributed by atoms with Crippen molar-refractivity contribution in [1.82, 2.24) is 9.47 Å². The van der Waals surface area contributed by atoms with E-state index < -0.39 is 12.0 Å². The van der Waals surface area contributed by atoms with Gasteiger partial charge in [-0.3, -0.25) is 9.59 Å². The van der Waals surface area contributed by atoms with Gasteiger partial charge < -0.3 is 24.3 Å². The van der Waals surface area contributed by atoms with Crippen molar-refractivity contribution in [1.29, 1.82) is 0 Å². The molecule has 1 aliphatic heterocycles. The van der Waals surface area contributed by atoms with E-state index in [-0.39, 0.29) is 11.8 Å². The lowest BCUT2D eigenvalue weighted by molar-refractivity contribution is -0.119. The lowest BCUT2D eigenvalue weighted by atomic mass is 9.79. The fraction of sp³-hybridized carbons (Fsp3) is 0.214. The zero-order chi connectivity index (χ0) is 25.6. The maximum Gasteiger partial charge on any atom is 0.254 e. The smallest absolute Gasteiger partial charge is 0.254 e. The number of likely N-dealkylation sites (N-methyl/N-ethyl adjacent to an activating group) is 1. The summed E-state index contributed by atoms with van der Waals surface area (Å²) >= 11 is 6.36. The van der Waals surface area contributed by atoms with Gasteiger partial charge in [0.2, 0.25) is 5.91 Å². The molecular weight excluding hydrogens is 478 g/mol. The van der Waals surface area contributed by atoms with Gasteiger partial charge >= 0.3 is 0 Å². The Morgan fingerprint density at radius 2 is 1.64 bits per heavy atom. The molecule has 7 nitrogen and oxygen atoms in total. The predicted octanol–water partition coefficient (Wildman–Crippen LogP) is 5.40. The molecule has 2 heterocycles. The van der Waals surface area contributed by atoms with Crippen LogP contribution in [0.25, 0.3) is 10.9 Å². The number of carbonyl (C=O) groups is 2. The van der Waals surface area contributed by atoms with Crippen molar-refractivity contribution in [2.24, 2.45) is 7.05 Å². The minimum absolute atomic E-state index is 0.127. The van der Waals surface area contributed by atoms with Crippen molar-refractivity contribution in [3.05, 3.63) is 88.6 Å². The summed E-state index contributed by atoms with van der Waals surface area (Å²) in [5.74, 6) is -0.231. The normalized spacial score (nSPS) is 17.1. The van der Waals surface area contributed by atoms with E-state index in [0.717, 1.165) is 16.5 Å². The molecule has 0 radical (unpaired) electrons. The number of hydrogen-bond donors (Lipinski definition) is 1. The predicted molar refractivity (Wildman–Crippen MR) is 140 cm³/mol. The first-order valence-electron chi connectivity index (χ1n) is 11.5. The number of hydrogen-bond acceptors (Lipinski definition) is 4. The number of anilines is 1. The number of rotatable bonds is 5. The number of aryl methyl sites for hydroxylation is 1. The molecule has 1 aromatic heterocycles. The van der Waals surface area contributed by atoms with Crippen molar-refractivity contribution < 1.29 is 19.1 Å². The van der Waals surface area contributed by atoms with Crippen LogP contribution in [0, 0.1) is 0 Å². The van der Waals surface area contributed by atoms with E-state index in [1.807, 2.05) is 60.3 Å². The number of amides is 2. The quantitative estimate of drug-likeness (QED) is 0.396. The number of para-hydroxylation sites is 1. The third kappa shape index (κ3) is 3.76. The molecule has 1 aliphatic rings. The van der Waals surface area contributed by atoms with Crippen LogP contribution in [0.2, 0.25) is 5.02 Å². The lowest BCUT2D eigenvalue weighted by Crippen LogP contribution is -2.44. The van der Waals surface area contributed by atoms with Crippen LogP contribution < -0.4 is 14.8 Å². The Morgan fingerprint density at radius 3 is 2.39 bits per heavy atom. The molecule has 5 rings (SSSR count). The van der Waals surface area contributed by atoms with Crippen LogP contribution in [-0.4, -0.2) is 42.5 Å². The largest absolute Gasteiger partial charge is 0.495 e. The molecule has 3 aromatic carbocycles. The average molecular weight is 504 g/mol. The molecule has 2 atom stereocenters. The summed E-state index contributed by atoms with van der Waals surface area (Å²) in [6.07, 6.45) is 2.00. The number of ether oxygens (including phenoxy) is 2. The van der Waals surface area contributed by atoms with E-state index in [2.05, 4.69) is 5.32 Å². The molecule has 0 saturated carbocycles. The highest BCUT2D eigenvalue weighted by atomic mass is 35.5. The Morgan fingerprint density at radius 1 is 0.944 bits per heavy atom. The first kappa shape index (κ1) is 23.8. The van der Waals surface area contributed by atoms with E-state index >= 15 is 0 Å². The maximum atomic E-state index is 14.1. The van der Waals surface area contributed by atoms with Crippen molar-refractivity contribution in [2.75, 3.05) is 26.6 Å². The second-order valence-electron chi connectivity index (χ2n) is 8.81. The van der Waals surface area contributed by atoms with E-state index in [1.54, 1.807) is 30.1 Å². The van der Waals surface area contributed by atoms with Crippen molar-refractivity contribution in [3.8, 4) is 11.5 Å². The average Bonchev–Trinajstić information content (AvgIpc) is 3.22. The van der Waals surface area contributed by atoms with Crippen LogP contribution >= 0.6 is 11.6 Å². The number of halogens is 1. The van der Waals surface area contributed by atoms with Crippen LogP contribution in [0.15, 0.2) is 66.9 Å². The number of benzene rings is 3. The zero-order valence-electron chi connectivity index (χ0n) is 20.4. The Bertz CT molecular complexity index is 1500. The highest BCUT2D eigenvalue weighted by Crippen LogP contribution is 2.45. The van der Waals surface area contributed by atoms with Crippen LogP contribution in [0.4, 0.5) is 5.69 Å². The van der Waals surface area contributed by atoms with Crippen molar-refractivity contribution in [2.45, 2.75) is 12.0 Å².